The highest BCUT2D eigenvalue weighted by atomic mass is 15.3. The average Bonchev–Trinajstić information content (AvgIpc) is 2.53. The third-order valence-electron chi connectivity index (χ3n) is 5.22. The molecule has 21 heavy (non-hydrogen) atoms. The predicted octanol–water partition coefficient (Wildman–Crippen LogP) is 2.51. The van der Waals surface area contributed by atoms with Gasteiger partial charge >= 0.3 is 0 Å². The van der Waals surface area contributed by atoms with Gasteiger partial charge in [0.25, 0.3) is 0 Å². The molecule has 3 unspecified atom stereocenters. The van der Waals surface area contributed by atoms with Gasteiger partial charge in [0.15, 0.2) is 0 Å². The molecule has 2 saturated heterocycles. The summed E-state index contributed by atoms with van der Waals surface area (Å²) < 4.78 is 0. The van der Waals surface area contributed by atoms with Gasteiger partial charge in [-0.1, -0.05) is 36.8 Å². The zero-order valence-electron chi connectivity index (χ0n) is 13.5. The first kappa shape index (κ1) is 15.0. The Bertz CT molecular complexity index is 433. The first-order chi connectivity index (χ1) is 10.3. The van der Waals surface area contributed by atoms with Gasteiger partial charge in [0.2, 0.25) is 0 Å². The number of likely N-dealkylation sites (N-methyl/N-ethyl adjacent to an activating group) is 1. The van der Waals surface area contributed by atoms with Crippen LogP contribution in [-0.2, 0) is 0 Å². The fraction of sp³-hybridized carbons (Fsp3) is 0.667. The molecule has 3 heteroatoms. The molecule has 2 aliphatic rings. The van der Waals surface area contributed by atoms with Crippen molar-refractivity contribution in [2.24, 2.45) is 0 Å². The van der Waals surface area contributed by atoms with Gasteiger partial charge in [-0.25, -0.2) is 0 Å². The van der Waals surface area contributed by atoms with Gasteiger partial charge in [0, 0.05) is 37.8 Å². The van der Waals surface area contributed by atoms with Crippen molar-refractivity contribution in [3.8, 4) is 0 Å². The van der Waals surface area contributed by atoms with Crippen molar-refractivity contribution in [1.29, 1.82) is 0 Å². The molecule has 3 rings (SSSR count). The van der Waals surface area contributed by atoms with Crippen LogP contribution in [0.4, 0.5) is 0 Å². The molecule has 3 atom stereocenters. The van der Waals surface area contributed by atoms with E-state index in [1.807, 2.05) is 0 Å². The summed E-state index contributed by atoms with van der Waals surface area (Å²) in [7, 11) is 2.07. The van der Waals surface area contributed by atoms with E-state index in [1.165, 1.54) is 44.5 Å². The monoisotopic (exact) mass is 287 g/mol. The van der Waals surface area contributed by atoms with Crippen molar-refractivity contribution in [3.63, 3.8) is 0 Å². The Morgan fingerprint density at radius 2 is 2.00 bits per heavy atom. The normalized spacial score (nSPS) is 29.0. The number of fused-ring (bicyclic) bond motifs is 1. The third-order valence-corrected chi connectivity index (χ3v) is 5.22. The molecule has 1 aromatic carbocycles. The Kier molecular flexibility index (Phi) is 4.94. The number of rotatable bonds is 4. The van der Waals surface area contributed by atoms with Gasteiger partial charge in [-0.15, -0.1) is 0 Å². The van der Waals surface area contributed by atoms with Gasteiger partial charge in [-0.3, -0.25) is 9.80 Å². The molecule has 0 spiro atoms. The van der Waals surface area contributed by atoms with E-state index in [1.54, 1.807) is 0 Å². The molecule has 0 amide bonds. The summed E-state index contributed by atoms with van der Waals surface area (Å²) in [5, 5.41) is 3.40. The second kappa shape index (κ2) is 6.91. The van der Waals surface area contributed by atoms with Crippen LogP contribution in [-0.4, -0.2) is 55.1 Å². The molecular weight excluding hydrogens is 258 g/mol. The lowest BCUT2D eigenvalue weighted by atomic mass is 9.94. The Balaban J connectivity index is 1.78. The first-order valence-corrected chi connectivity index (χ1v) is 8.49. The topological polar surface area (TPSA) is 18.5 Å². The molecule has 2 aliphatic heterocycles. The number of nitrogens with one attached hydrogen (secondary N) is 1. The summed E-state index contributed by atoms with van der Waals surface area (Å²) in [6.07, 6.45) is 4.18. The second-order valence-electron chi connectivity index (χ2n) is 6.67. The predicted molar refractivity (Wildman–Crippen MR) is 88.5 cm³/mol. The highest BCUT2D eigenvalue weighted by Gasteiger charge is 2.36. The lowest BCUT2D eigenvalue weighted by Crippen LogP contribution is -2.60. The summed E-state index contributed by atoms with van der Waals surface area (Å²) in [5.74, 6) is 0. The second-order valence-corrected chi connectivity index (χ2v) is 6.67. The number of benzene rings is 1. The minimum Gasteiger partial charge on any atom is -0.318 e. The van der Waals surface area contributed by atoms with Crippen LogP contribution in [0.5, 0.6) is 0 Å². The molecule has 116 valence electrons. The van der Waals surface area contributed by atoms with Gasteiger partial charge in [-0.2, -0.15) is 0 Å². The zero-order chi connectivity index (χ0) is 14.7. The quantitative estimate of drug-likeness (QED) is 0.918. The zero-order valence-corrected chi connectivity index (χ0v) is 13.5. The first-order valence-electron chi connectivity index (χ1n) is 8.49. The number of hydrogen-bond acceptors (Lipinski definition) is 3. The number of hydrogen-bond donors (Lipinski definition) is 1. The third kappa shape index (κ3) is 3.31. The summed E-state index contributed by atoms with van der Waals surface area (Å²) in [4.78, 5) is 5.46. The van der Waals surface area contributed by atoms with Crippen molar-refractivity contribution < 1.29 is 0 Å². The van der Waals surface area contributed by atoms with Crippen molar-refractivity contribution in [3.05, 3.63) is 35.9 Å². The van der Waals surface area contributed by atoms with Crippen LogP contribution in [0.15, 0.2) is 30.3 Å². The Hall–Kier alpha value is -0.900. The molecule has 2 heterocycles. The van der Waals surface area contributed by atoms with Crippen LogP contribution in [0.2, 0.25) is 0 Å². The molecule has 2 fully saturated rings. The van der Waals surface area contributed by atoms with Crippen molar-refractivity contribution in [1.82, 2.24) is 15.1 Å². The summed E-state index contributed by atoms with van der Waals surface area (Å²) in [6, 6.07) is 12.9. The molecule has 0 saturated carbocycles. The lowest BCUT2D eigenvalue weighted by molar-refractivity contribution is -0.00804. The summed E-state index contributed by atoms with van der Waals surface area (Å²) in [5.41, 5.74) is 1.45. The Morgan fingerprint density at radius 1 is 1.19 bits per heavy atom. The van der Waals surface area contributed by atoms with Gasteiger partial charge in [0.1, 0.15) is 0 Å². The van der Waals surface area contributed by atoms with Crippen LogP contribution in [0.1, 0.15) is 37.8 Å². The number of piperazine rings is 1. The van der Waals surface area contributed by atoms with Gasteiger partial charge in [0.05, 0.1) is 0 Å². The molecule has 0 aromatic heterocycles. The minimum absolute atomic E-state index is 0.496. The van der Waals surface area contributed by atoms with Crippen LogP contribution in [0, 0.1) is 0 Å². The highest BCUT2D eigenvalue weighted by Crippen LogP contribution is 2.30. The molecule has 0 bridgehead atoms. The molecule has 1 aromatic rings. The SMILES string of the molecule is CNCC(c1ccccc1)N1CC2CCCCN2CC1C. The van der Waals surface area contributed by atoms with E-state index < -0.39 is 0 Å². The van der Waals surface area contributed by atoms with E-state index in [4.69, 9.17) is 0 Å². The van der Waals surface area contributed by atoms with Crippen molar-refractivity contribution in [2.45, 2.75) is 44.3 Å². The molecule has 0 aliphatic carbocycles. The maximum absolute atomic E-state index is 3.40. The molecule has 0 radical (unpaired) electrons. The molecule has 3 nitrogen and oxygen atoms in total. The van der Waals surface area contributed by atoms with E-state index in [-0.39, 0.29) is 0 Å². The minimum atomic E-state index is 0.496. The number of nitrogens with zero attached hydrogens (tertiary/aromatic N) is 2. The maximum atomic E-state index is 3.40. The van der Waals surface area contributed by atoms with E-state index in [9.17, 15) is 0 Å². The Morgan fingerprint density at radius 3 is 2.76 bits per heavy atom. The summed E-state index contributed by atoms with van der Waals surface area (Å²) >= 11 is 0. The van der Waals surface area contributed by atoms with Crippen LogP contribution in [0.25, 0.3) is 0 Å². The molecule has 1 N–H and O–H groups in total. The maximum Gasteiger partial charge on any atom is 0.0476 e. The lowest BCUT2D eigenvalue weighted by Gasteiger charge is -2.50. The van der Waals surface area contributed by atoms with Gasteiger partial charge < -0.3 is 5.32 Å². The average molecular weight is 287 g/mol. The highest BCUT2D eigenvalue weighted by molar-refractivity contribution is 5.20. The summed E-state index contributed by atoms with van der Waals surface area (Å²) in [6.45, 7) is 7.20. The van der Waals surface area contributed by atoms with Crippen molar-refractivity contribution in [2.75, 3.05) is 33.2 Å². The van der Waals surface area contributed by atoms with E-state index >= 15 is 0 Å². The fourth-order valence-corrected chi connectivity index (χ4v) is 4.10. The largest absolute Gasteiger partial charge is 0.318 e. The molecular formula is C18H29N3. The van der Waals surface area contributed by atoms with E-state index in [2.05, 4.69) is 59.4 Å². The van der Waals surface area contributed by atoms with E-state index in [0.29, 0.717) is 12.1 Å². The van der Waals surface area contributed by atoms with Gasteiger partial charge in [-0.05, 0) is 38.9 Å². The van der Waals surface area contributed by atoms with Crippen LogP contribution < -0.4 is 5.32 Å². The van der Waals surface area contributed by atoms with Crippen LogP contribution in [0.3, 0.4) is 0 Å². The van der Waals surface area contributed by atoms with E-state index in [0.717, 1.165) is 12.6 Å². The fourth-order valence-electron chi connectivity index (χ4n) is 4.10. The number of piperidine rings is 1. The standard InChI is InChI=1S/C18H29N3/c1-15-13-20-11-7-6-10-17(20)14-21(15)18(12-19-2)16-8-4-3-5-9-16/h3-5,8-9,15,17-19H,6-7,10-14H2,1-2H3. The van der Waals surface area contributed by atoms with Crippen LogP contribution >= 0.6 is 0 Å². The van der Waals surface area contributed by atoms with Crippen molar-refractivity contribution >= 4 is 0 Å². The smallest absolute Gasteiger partial charge is 0.0476 e. The Labute approximate surface area is 129 Å².